The number of hydrogen-bond acceptors (Lipinski definition) is 7. The maximum atomic E-state index is 14.2. The number of nitrogens with one attached hydrogen (secondary N) is 1. The Kier molecular flexibility index (Phi) is 7.63. The molecule has 3 atom stereocenters. The summed E-state index contributed by atoms with van der Waals surface area (Å²) in [4.78, 5) is 33.5. The Labute approximate surface area is 272 Å². The minimum Gasteiger partial charge on any atom is -0.496 e. The van der Waals surface area contributed by atoms with Gasteiger partial charge in [0.15, 0.2) is 16.4 Å². The van der Waals surface area contributed by atoms with Crippen molar-refractivity contribution in [1.82, 2.24) is 4.57 Å². The van der Waals surface area contributed by atoms with E-state index in [0.29, 0.717) is 37.6 Å². The third kappa shape index (κ3) is 5.46. The number of anilines is 1. The molecule has 238 valence electrons. The van der Waals surface area contributed by atoms with Crippen molar-refractivity contribution in [3.63, 3.8) is 0 Å². The Hall–Kier alpha value is -5.29. The number of methoxy groups -OCH3 is 1. The molecule has 0 saturated carbocycles. The van der Waals surface area contributed by atoms with Crippen LogP contribution < -0.4 is 34.4 Å². The Morgan fingerprint density at radius 2 is 1.83 bits per heavy atom. The van der Waals surface area contributed by atoms with Crippen molar-refractivity contribution in [2.24, 2.45) is 10.9 Å². The number of aryl methyl sites for hydroxylation is 1. The van der Waals surface area contributed by atoms with Gasteiger partial charge >= 0.3 is 0 Å². The molecule has 0 radical (unpaired) electrons. The van der Waals surface area contributed by atoms with E-state index in [1.54, 1.807) is 35.8 Å². The van der Waals surface area contributed by atoms with Crippen LogP contribution in [0.2, 0.25) is 0 Å². The van der Waals surface area contributed by atoms with Gasteiger partial charge in [0.25, 0.3) is 5.56 Å². The average Bonchev–Trinajstić information content (AvgIpc) is 3.34. The quantitative estimate of drug-likeness (QED) is 0.251. The van der Waals surface area contributed by atoms with Gasteiger partial charge in [-0.2, -0.15) is 0 Å². The lowest BCUT2D eigenvalue weighted by Gasteiger charge is -2.45. The van der Waals surface area contributed by atoms with E-state index in [1.165, 1.54) is 24.5 Å². The third-order valence-electron chi connectivity index (χ3n) is 8.44. The summed E-state index contributed by atoms with van der Waals surface area (Å²) in [6, 6.07) is 22.6. The van der Waals surface area contributed by atoms with E-state index in [2.05, 4.69) is 5.32 Å². The highest BCUT2D eigenvalue weighted by molar-refractivity contribution is 7.07. The molecule has 2 bridgehead atoms. The standard InChI is InChI=1S/C36H29F2N3O5S/c1-20-8-4-6-10-26(20)39-33(42)31-32-24-9-5-7-11-28(24)46-36(31,2)40-35-41(32)34(43)30(47-35)17-21-12-14-27(44-3)22(16-21)19-45-29-15-13-23(37)18-25(29)38/h4-18,31-32H,19H2,1-3H3,(H,39,42). The molecule has 1 aromatic heterocycles. The van der Waals surface area contributed by atoms with Crippen LogP contribution in [0, 0.1) is 24.5 Å². The molecule has 4 aromatic carbocycles. The van der Waals surface area contributed by atoms with Gasteiger partial charge in [0.2, 0.25) is 11.6 Å². The zero-order chi connectivity index (χ0) is 32.9. The number of rotatable bonds is 7. The fourth-order valence-electron chi connectivity index (χ4n) is 6.17. The lowest BCUT2D eigenvalue weighted by atomic mass is 9.80. The topological polar surface area (TPSA) is 91.2 Å². The summed E-state index contributed by atoms with van der Waals surface area (Å²) in [6.07, 6.45) is 1.73. The molecule has 3 unspecified atom stereocenters. The molecule has 1 amide bonds. The Morgan fingerprint density at radius 1 is 1.06 bits per heavy atom. The fourth-order valence-corrected chi connectivity index (χ4v) is 7.27. The molecule has 8 nitrogen and oxygen atoms in total. The van der Waals surface area contributed by atoms with Gasteiger partial charge < -0.3 is 19.5 Å². The van der Waals surface area contributed by atoms with Crippen LogP contribution in [0.25, 0.3) is 6.08 Å². The molecule has 11 heteroatoms. The van der Waals surface area contributed by atoms with Crippen LogP contribution in [0.5, 0.6) is 17.2 Å². The largest absolute Gasteiger partial charge is 0.496 e. The second kappa shape index (κ2) is 11.8. The fraction of sp³-hybridized carbons (Fsp3) is 0.194. The third-order valence-corrected chi connectivity index (χ3v) is 9.43. The van der Waals surface area contributed by atoms with Crippen LogP contribution in [0.3, 0.4) is 0 Å². The summed E-state index contributed by atoms with van der Waals surface area (Å²) in [6.45, 7) is 3.63. The molecule has 3 heterocycles. The van der Waals surface area contributed by atoms with Gasteiger partial charge in [-0.25, -0.2) is 13.8 Å². The Bertz CT molecular complexity index is 2230. The van der Waals surface area contributed by atoms with E-state index in [4.69, 9.17) is 19.2 Å². The number of fused-ring (bicyclic) bond motifs is 6. The zero-order valence-electron chi connectivity index (χ0n) is 25.6. The van der Waals surface area contributed by atoms with Crippen LogP contribution in [0.4, 0.5) is 14.5 Å². The number of carbonyl (C=O) groups excluding carboxylic acids is 1. The SMILES string of the molecule is COc1ccc(C=c2sc3n(c2=O)C2c4ccccc4OC(C)(N=3)C2C(=O)Nc2ccccc2C)cc1COc1ccc(F)cc1F. The summed E-state index contributed by atoms with van der Waals surface area (Å²) in [5.74, 6) is -1.71. The summed E-state index contributed by atoms with van der Waals surface area (Å²) in [5.41, 5.74) is 1.98. The second-order valence-corrected chi connectivity index (χ2v) is 12.5. The number of amides is 1. The second-order valence-electron chi connectivity index (χ2n) is 11.5. The van der Waals surface area contributed by atoms with Gasteiger partial charge in [-0.15, -0.1) is 0 Å². The molecule has 2 aliphatic rings. The number of halogens is 2. The van der Waals surface area contributed by atoms with E-state index < -0.39 is 29.3 Å². The lowest BCUT2D eigenvalue weighted by Crippen LogP contribution is -2.59. The van der Waals surface area contributed by atoms with Crippen LogP contribution >= 0.6 is 11.3 Å². The van der Waals surface area contributed by atoms with Crippen molar-refractivity contribution in [2.75, 3.05) is 12.4 Å². The van der Waals surface area contributed by atoms with Gasteiger partial charge in [-0.1, -0.05) is 53.8 Å². The molecule has 0 fully saturated rings. The van der Waals surface area contributed by atoms with Gasteiger partial charge in [-0.3, -0.25) is 14.2 Å². The Balaban J connectivity index is 1.29. The molecule has 5 aromatic rings. The van der Waals surface area contributed by atoms with Crippen molar-refractivity contribution < 1.29 is 27.8 Å². The maximum Gasteiger partial charge on any atom is 0.270 e. The molecule has 2 aliphatic heterocycles. The van der Waals surface area contributed by atoms with Crippen LogP contribution in [-0.4, -0.2) is 23.3 Å². The van der Waals surface area contributed by atoms with Crippen LogP contribution in [-0.2, 0) is 11.4 Å². The van der Waals surface area contributed by atoms with E-state index in [1.807, 2.05) is 55.5 Å². The highest BCUT2D eigenvalue weighted by Gasteiger charge is 2.55. The average molecular weight is 654 g/mol. The molecule has 7 rings (SSSR count). The number of benzene rings is 4. The summed E-state index contributed by atoms with van der Waals surface area (Å²) in [5, 5.41) is 3.04. The normalized spacial score (nSPS) is 19.6. The van der Waals surface area contributed by atoms with Gasteiger partial charge in [0, 0.05) is 22.9 Å². The highest BCUT2D eigenvalue weighted by Crippen LogP contribution is 2.47. The van der Waals surface area contributed by atoms with Crippen molar-refractivity contribution in [1.29, 1.82) is 0 Å². The van der Waals surface area contributed by atoms with E-state index >= 15 is 0 Å². The number of aromatic nitrogens is 1. The Morgan fingerprint density at radius 3 is 2.62 bits per heavy atom. The van der Waals surface area contributed by atoms with Crippen molar-refractivity contribution >= 4 is 29.0 Å². The predicted octanol–water partition coefficient (Wildman–Crippen LogP) is 5.50. The maximum absolute atomic E-state index is 14.2. The lowest BCUT2D eigenvalue weighted by molar-refractivity contribution is -0.131. The van der Waals surface area contributed by atoms with E-state index in [0.717, 1.165) is 23.3 Å². The van der Waals surface area contributed by atoms with Gasteiger partial charge in [0.1, 0.15) is 29.8 Å². The summed E-state index contributed by atoms with van der Waals surface area (Å²) >= 11 is 1.21. The van der Waals surface area contributed by atoms with E-state index in [9.17, 15) is 18.4 Å². The molecule has 47 heavy (non-hydrogen) atoms. The van der Waals surface area contributed by atoms with Crippen LogP contribution in [0.1, 0.15) is 35.2 Å². The van der Waals surface area contributed by atoms with E-state index in [-0.39, 0.29) is 23.8 Å². The number of para-hydroxylation sites is 2. The first-order chi connectivity index (χ1) is 22.6. The highest BCUT2D eigenvalue weighted by atomic mass is 32.1. The number of hydrogen-bond donors (Lipinski definition) is 1. The first-order valence-corrected chi connectivity index (χ1v) is 15.7. The molecule has 0 saturated heterocycles. The smallest absolute Gasteiger partial charge is 0.270 e. The monoisotopic (exact) mass is 653 g/mol. The first kappa shape index (κ1) is 30.4. The zero-order valence-corrected chi connectivity index (χ0v) is 26.4. The molecular weight excluding hydrogens is 624 g/mol. The minimum atomic E-state index is -1.28. The van der Waals surface area contributed by atoms with Crippen molar-refractivity contribution in [3.05, 3.63) is 139 Å². The molecule has 0 spiro atoms. The van der Waals surface area contributed by atoms with Crippen molar-refractivity contribution in [2.45, 2.75) is 32.2 Å². The number of ether oxygens (including phenoxy) is 3. The van der Waals surface area contributed by atoms with Gasteiger partial charge in [-0.05, 0) is 67.4 Å². The summed E-state index contributed by atoms with van der Waals surface area (Å²) in [7, 11) is 1.51. The summed E-state index contributed by atoms with van der Waals surface area (Å²) < 4.78 is 47.1. The number of nitrogens with zero attached hydrogens (tertiary/aromatic N) is 2. The molecule has 0 aliphatic carbocycles. The number of carbonyl (C=O) groups is 1. The first-order valence-electron chi connectivity index (χ1n) is 14.9. The molecule has 1 N–H and O–H groups in total. The predicted molar refractivity (Wildman–Crippen MR) is 174 cm³/mol. The van der Waals surface area contributed by atoms with Gasteiger partial charge in [0.05, 0.1) is 17.7 Å². The molecular formula is C36H29F2N3O5S. The van der Waals surface area contributed by atoms with Crippen molar-refractivity contribution in [3.8, 4) is 17.2 Å². The van der Waals surface area contributed by atoms with Crippen LogP contribution in [0.15, 0.2) is 94.7 Å². The minimum absolute atomic E-state index is 0.0606. The number of thiazole rings is 1.